The van der Waals surface area contributed by atoms with Gasteiger partial charge in [-0.25, -0.2) is 0 Å². The summed E-state index contributed by atoms with van der Waals surface area (Å²) in [7, 11) is 3.00. The van der Waals surface area contributed by atoms with Gasteiger partial charge in [0.2, 0.25) is 0 Å². The number of nitrogens with two attached hydrogens (primary N) is 1. The molecule has 0 aliphatic heterocycles. The summed E-state index contributed by atoms with van der Waals surface area (Å²) >= 11 is 0. The average molecular weight is 259 g/mol. The van der Waals surface area contributed by atoms with Gasteiger partial charge >= 0.3 is 5.97 Å². The monoisotopic (exact) mass is 259 g/mol. The molecule has 0 fully saturated rings. The van der Waals surface area contributed by atoms with Gasteiger partial charge in [0.05, 0.1) is 20.6 Å². The minimum Gasteiger partial charge on any atom is -0.496 e. The molecule has 2 N–H and O–H groups in total. The SMILES string of the molecule is COC(=O)C[C@@H](N)c1ccc(OC)c2ccccc12. The van der Waals surface area contributed by atoms with Crippen LogP contribution in [-0.2, 0) is 9.53 Å². The molecule has 100 valence electrons. The van der Waals surface area contributed by atoms with Gasteiger partial charge < -0.3 is 15.2 Å². The fraction of sp³-hybridized carbons (Fsp3) is 0.267. The predicted octanol–water partition coefficient (Wildman–Crippen LogP) is 2.41. The van der Waals surface area contributed by atoms with E-state index in [1.54, 1.807) is 7.11 Å². The lowest BCUT2D eigenvalue weighted by atomic mass is 9.97. The van der Waals surface area contributed by atoms with Gasteiger partial charge in [-0.15, -0.1) is 0 Å². The number of esters is 1. The first-order valence-corrected chi connectivity index (χ1v) is 6.05. The standard InChI is InChI=1S/C15H17NO3/c1-18-14-8-7-11(13(16)9-15(17)19-2)10-5-3-4-6-12(10)14/h3-8,13H,9,16H2,1-2H3/t13-/m1/s1. The van der Waals surface area contributed by atoms with Crippen molar-refractivity contribution in [2.45, 2.75) is 12.5 Å². The summed E-state index contributed by atoms with van der Waals surface area (Å²) in [6.07, 6.45) is 0.160. The fourth-order valence-electron chi connectivity index (χ4n) is 2.17. The third kappa shape index (κ3) is 2.69. The first-order valence-electron chi connectivity index (χ1n) is 6.05. The zero-order valence-corrected chi connectivity index (χ0v) is 11.1. The van der Waals surface area contributed by atoms with Gasteiger partial charge in [-0.05, 0) is 17.0 Å². The minimum absolute atomic E-state index is 0.160. The topological polar surface area (TPSA) is 61.5 Å². The number of methoxy groups -OCH3 is 2. The van der Waals surface area contributed by atoms with Crippen molar-refractivity contribution in [2.75, 3.05) is 14.2 Å². The Morgan fingerprint density at radius 2 is 1.84 bits per heavy atom. The van der Waals surface area contributed by atoms with Crippen molar-refractivity contribution in [2.24, 2.45) is 5.73 Å². The van der Waals surface area contributed by atoms with Crippen molar-refractivity contribution >= 4 is 16.7 Å². The lowest BCUT2D eigenvalue weighted by Crippen LogP contribution is -2.16. The summed E-state index contributed by atoms with van der Waals surface area (Å²) < 4.78 is 9.99. The van der Waals surface area contributed by atoms with Gasteiger partial charge in [0.1, 0.15) is 5.75 Å². The highest BCUT2D eigenvalue weighted by atomic mass is 16.5. The van der Waals surface area contributed by atoms with Crippen LogP contribution < -0.4 is 10.5 Å². The van der Waals surface area contributed by atoms with Crippen LogP contribution in [0, 0.1) is 0 Å². The van der Waals surface area contributed by atoms with E-state index < -0.39 is 0 Å². The molecule has 0 aromatic heterocycles. The number of benzene rings is 2. The summed E-state index contributed by atoms with van der Waals surface area (Å²) in [5.74, 6) is 0.483. The summed E-state index contributed by atoms with van der Waals surface area (Å²) in [4.78, 5) is 11.3. The molecule has 0 spiro atoms. The smallest absolute Gasteiger partial charge is 0.307 e. The number of hydrogen-bond donors (Lipinski definition) is 1. The molecule has 1 atom stereocenters. The van der Waals surface area contributed by atoms with Gasteiger partial charge in [-0.3, -0.25) is 4.79 Å². The molecule has 0 radical (unpaired) electrons. The van der Waals surface area contributed by atoms with Gasteiger partial charge in [-0.2, -0.15) is 0 Å². The second kappa shape index (κ2) is 5.71. The summed E-state index contributed by atoms with van der Waals surface area (Å²) in [5, 5.41) is 1.99. The highest BCUT2D eigenvalue weighted by Gasteiger charge is 2.15. The molecule has 0 aliphatic rings. The number of fused-ring (bicyclic) bond motifs is 1. The summed E-state index contributed by atoms with van der Waals surface area (Å²) in [5.41, 5.74) is 7.01. The van der Waals surface area contributed by atoms with Crippen molar-refractivity contribution in [3.63, 3.8) is 0 Å². The maximum absolute atomic E-state index is 11.3. The Kier molecular flexibility index (Phi) is 4.02. The van der Waals surface area contributed by atoms with Gasteiger partial charge in [0.15, 0.2) is 0 Å². The van der Waals surface area contributed by atoms with E-state index in [0.29, 0.717) is 0 Å². The summed E-state index contributed by atoms with van der Waals surface area (Å²) in [6.45, 7) is 0. The molecule has 4 heteroatoms. The van der Waals surface area contributed by atoms with E-state index >= 15 is 0 Å². The van der Waals surface area contributed by atoms with E-state index in [9.17, 15) is 4.79 Å². The third-order valence-electron chi connectivity index (χ3n) is 3.15. The van der Waals surface area contributed by atoms with E-state index in [-0.39, 0.29) is 18.4 Å². The number of hydrogen-bond acceptors (Lipinski definition) is 4. The Labute approximate surface area is 112 Å². The molecule has 0 heterocycles. The predicted molar refractivity (Wildman–Crippen MR) is 74.1 cm³/mol. The van der Waals surface area contributed by atoms with Crippen LogP contribution in [0.25, 0.3) is 10.8 Å². The zero-order valence-electron chi connectivity index (χ0n) is 11.1. The van der Waals surface area contributed by atoms with Crippen LogP contribution in [0.2, 0.25) is 0 Å². The average Bonchev–Trinajstić information content (AvgIpc) is 2.45. The van der Waals surface area contributed by atoms with E-state index in [1.165, 1.54) is 7.11 Å². The Balaban J connectivity index is 2.47. The van der Waals surface area contributed by atoms with Crippen LogP contribution in [0.3, 0.4) is 0 Å². The second-order valence-electron chi connectivity index (χ2n) is 4.29. The van der Waals surface area contributed by atoms with E-state index in [2.05, 4.69) is 4.74 Å². The van der Waals surface area contributed by atoms with E-state index in [0.717, 1.165) is 22.1 Å². The molecule has 2 aromatic carbocycles. The molecule has 0 amide bonds. The Morgan fingerprint density at radius 3 is 2.47 bits per heavy atom. The highest BCUT2D eigenvalue weighted by molar-refractivity contribution is 5.91. The molecule has 2 aromatic rings. The highest BCUT2D eigenvalue weighted by Crippen LogP contribution is 2.31. The molecule has 0 unspecified atom stereocenters. The summed E-state index contributed by atoms with van der Waals surface area (Å²) in [6, 6.07) is 11.2. The largest absolute Gasteiger partial charge is 0.496 e. The maximum atomic E-state index is 11.3. The number of rotatable bonds is 4. The second-order valence-corrected chi connectivity index (χ2v) is 4.29. The van der Waals surface area contributed by atoms with Crippen LogP contribution in [0.4, 0.5) is 0 Å². The van der Waals surface area contributed by atoms with Gasteiger partial charge in [0.25, 0.3) is 0 Å². The van der Waals surface area contributed by atoms with Crippen LogP contribution in [0.15, 0.2) is 36.4 Å². The lowest BCUT2D eigenvalue weighted by Gasteiger charge is -2.15. The first-order chi connectivity index (χ1) is 9.17. The normalized spacial score (nSPS) is 12.2. The van der Waals surface area contributed by atoms with Crippen molar-refractivity contribution < 1.29 is 14.3 Å². The van der Waals surface area contributed by atoms with Crippen molar-refractivity contribution in [3.8, 4) is 5.75 Å². The molecule has 2 rings (SSSR count). The van der Waals surface area contributed by atoms with Crippen LogP contribution in [-0.4, -0.2) is 20.2 Å². The van der Waals surface area contributed by atoms with Crippen LogP contribution in [0.1, 0.15) is 18.0 Å². The number of carbonyl (C=O) groups excluding carboxylic acids is 1. The molecule has 0 saturated heterocycles. The molecule has 19 heavy (non-hydrogen) atoms. The fourth-order valence-corrected chi connectivity index (χ4v) is 2.17. The lowest BCUT2D eigenvalue weighted by molar-refractivity contribution is -0.141. The molecule has 0 saturated carbocycles. The molecule has 0 aliphatic carbocycles. The molecule has 4 nitrogen and oxygen atoms in total. The molecule has 0 bridgehead atoms. The van der Waals surface area contributed by atoms with E-state index in [1.807, 2.05) is 36.4 Å². The Morgan fingerprint density at radius 1 is 1.16 bits per heavy atom. The Bertz CT molecular complexity index is 595. The molecular weight excluding hydrogens is 242 g/mol. The third-order valence-corrected chi connectivity index (χ3v) is 3.15. The number of ether oxygens (including phenoxy) is 2. The maximum Gasteiger partial charge on any atom is 0.307 e. The minimum atomic E-state index is -0.386. The number of carbonyl (C=O) groups is 1. The van der Waals surface area contributed by atoms with E-state index in [4.69, 9.17) is 10.5 Å². The molecular formula is C15H17NO3. The van der Waals surface area contributed by atoms with Gasteiger partial charge in [-0.1, -0.05) is 30.3 Å². The van der Waals surface area contributed by atoms with Crippen LogP contribution in [0.5, 0.6) is 5.75 Å². The Hall–Kier alpha value is -2.07. The van der Waals surface area contributed by atoms with Gasteiger partial charge in [0, 0.05) is 11.4 Å². The van der Waals surface area contributed by atoms with Crippen molar-refractivity contribution in [1.82, 2.24) is 0 Å². The zero-order chi connectivity index (χ0) is 13.8. The van der Waals surface area contributed by atoms with Crippen molar-refractivity contribution in [1.29, 1.82) is 0 Å². The van der Waals surface area contributed by atoms with Crippen LogP contribution >= 0.6 is 0 Å². The first kappa shape index (κ1) is 13.4. The quantitative estimate of drug-likeness (QED) is 0.856. The van der Waals surface area contributed by atoms with Crippen molar-refractivity contribution in [3.05, 3.63) is 42.0 Å².